The van der Waals surface area contributed by atoms with Gasteiger partial charge in [0.25, 0.3) is 5.91 Å². The number of amides is 1. The zero-order valence-electron chi connectivity index (χ0n) is 11.7. The number of carbonyl (C=O) groups is 1. The molecule has 0 bridgehead atoms. The summed E-state index contributed by atoms with van der Waals surface area (Å²) in [5.41, 5.74) is -2.52. The van der Waals surface area contributed by atoms with Crippen LogP contribution in [-0.4, -0.2) is 34.6 Å². The van der Waals surface area contributed by atoms with Gasteiger partial charge in [-0.3, -0.25) is 4.79 Å². The van der Waals surface area contributed by atoms with Crippen LogP contribution in [0.25, 0.3) is 0 Å². The van der Waals surface area contributed by atoms with Crippen molar-refractivity contribution in [3.05, 3.63) is 35.4 Å². The van der Waals surface area contributed by atoms with Crippen LogP contribution in [0.1, 0.15) is 36.7 Å². The van der Waals surface area contributed by atoms with Crippen LogP contribution in [0, 0.1) is 0 Å². The van der Waals surface area contributed by atoms with Crippen molar-refractivity contribution in [2.45, 2.75) is 32.5 Å². The van der Waals surface area contributed by atoms with E-state index in [4.69, 9.17) is 0 Å². The molecule has 3 nitrogen and oxygen atoms in total. The molecule has 1 rings (SSSR count). The average Bonchev–Trinajstić information content (AvgIpc) is 2.33. The van der Waals surface area contributed by atoms with E-state index in [0.717, 1.165) is 12.1 Å². The normalized spacial score (nSPS) is 12.3. The van der Waals surface area contributed by atoms with Gasteiger partial charge in [0, 0.05) is 13.1 Å². The highest BCUT2D eigenvalue weighted by Crippen LogP contribution is 2.32. The lowest BCUT2D eigenvalue weighted by atomic mass is 10.0. The SMILES string of the molecule is CCN(CC(C)(C)O)C(=O)c1ccccc1C(F)(F)F. The molecule has 0 aromatic heterocycles. The van der Waals surface area contributed by atoms with Crippen LogP contribution in [0.3, 0.4) is 0 Å². The molecule has 0 aliphatic rings. The first-order chi connectivity index (χ1) is 9.06. The molecule has 0 unspecified atom stereocenters. The van der Waals surface area contributed by atoms with Gasteiger partial charge in [-0.1, -0.05) is 12.1 Å². The van der Waals surface area contributed by atoms with Gasteiger partial charge in [0.05, 0.1) is 16.7 Å². The standard InChI is InChI=1S/C14H18F3NO2/c1-4-18(9-13(2,3)20)12(19)10-7-5-6-8-11(10)14(15,16)17/h5-8,20H,4,9H2,1-3H3. The smallest absolute Gasteiger partial charge is 0.389 e. The number of carbonyl (C=O) groups excluding carboxylic acids is 1. The van der Waals surface area contributed by atoms with E-state index >= 15 is 0 Å². The second kappa shape index (κ2) is 5.83. The lowest BCUT2D eigenvalue weighted by Crippen LogP contribution is -2.42. The summed E-state index contributed by atoms with van der Waals surface area (Å²) in [4.78, 5) is 13.4. The first-order valence-corrected chi connectivity index (χ1v) is 6.24. The van der Waals surface area contributed by atoms with Gasteiger partial charge in [-0.2, -0.15) is 13.2 Å². The molecule has 0 saturated heterocycles. The van der Waals surface area contributed by atoms with E-state index in [2.05, 4.69) is 0 Å². The molecule has 6 heteroatoms. The Hall–Kier alpha value is -1.56. The molecular formula is C14H18F3NO2. The molecule has 1 aromatic rings. The van der Waals surface area contributed by atoms with Crippen molar-refractivity contribution in [2.75, 3.05) is 13.1 Å². The highest BCUT2D eigenvalue weighted by Gasteiger charge is 2.36. The molecule has 0 aliphatic carbocycles. The minimum atomic E-state index is -4.58. The van der Waals surface area contributed by atoms with Crippen LogP contribution in [0.5, 0.6) is 0 Å². The number of nitrogens with zero attached hydrogens (tertiary/aromatic N) is 1. The van der Waals surface area contributed by atoms with Crippen molar-refractivity contribution in [3.63, 3.8) is 0 Å². The molecule has 0 radical (unpaired) electrons. The fourth-order valence-electron chi connectivity index (χ4n) is 1.88. The number of hydrogen-bond acceptors (Lipinski definition) is 2. The van der Waals surface area contributed by atoms with Crippen LogP contribution in [0.2, 0.25) is 0 Å². The van der Waals surface area contributed by atoms with E-state index < -0.39 is 28.8 Å². The topological polar surface area (TPSA) is 40.5 Å². The molecule has 0 atom stereocenters. The van der Waals surface area contributed by atoms with Gasteiger partial charge in [0.2, 0.25) is 0 Å². The number of hydrogen-bond donors (Lipinski definition) is 1. The van der Waals surface area contributed by atoms with E-state index in [0.29, 0.717) is 0 Å². The predicted octanol–water partition coefficient (Wildman–Crippen LogP) is 2.94. The minimum Gasteiger partial charge on any atom is -0.389 e. The summed E-state index contributed by atoms with van der Waals surface area (Å²) in [6.07, 6.45) is -4.58. The monoisotopic (exact) mass is 289 g/mol. The van der Waals surface area contributed by atoms with Gasteiger partial charge >= 0.3 is 6.18 Å². The van der Waals surface area contributed by atoms with E-state index in [-0.39, 0.29) is 13.1 Å². The molecule has 0 fully saturated rings. The zero-order valence-corrected chi connectivity index (χ0v) is 11.7. The third kappa shape index (κ3) is 4.23. The Morgan fingerprint density at radius 3 is 2.25 bits per heavy atom. The minimum absolute atomic E-state index is 0.0332. The summed E-state index contributed by atoms with van der Waals surface area (Å²) in [6.45, 7) is 4.83. The maximum absolute atomic E-state index is 12.9. The van der Waals surface area contributed by atoms with Crippen molar-refractivity contribution in [3.8, 4) is 0 Å². The van der Waals surface area contributed by atoms with Gasteiger partial charge in [-0.25, -0.2) is 0 Å². The third-order valence-electron chi connectivity index (χ3n) is 2.71. The highest BCUT2D eigenvalue weighted by molar-refractivity contribution is 5.96. The summed E-state index contributed by atoms with van der Waals surface area (Å²) in [5.74, 6) is -0.734. The van der Waals surface area contributed by atoms with Gasteiger partial charge < -0.3 is 10.0 Å². The summed E-state index contributed by atoms with van der Waals surface area (Å²) in [7, 11) is 0. The summed E-state index contributed by atoms with van der Waals surface area (Å²) < 4.78 is 38.7. The summed E-state index contributed by atoms with van der Waals surface area (Å²) in [5, 5.41) is 9.73. The van der Waals surface area contributed by atoms with Gasteiger partial charge in [0.15, 0.2) is 0 Å². The van der Waals surface area contributed by atoms with Crippen LogP contribution in [0.4, 0.5) is 13.2 Å². The number of halogens is 3. The Labute approximate surface area is 116 Å². The molecule has 1 amide bonds. The molecule has 0 saturated carbocycles. The predicted molar refractivity (Wildman–Crippen MR) is 69.3 cm³/mol. The first-order valence-electron chi connectivity index (χ1n) is 6.24. The van der Waals surface area contributed by atoms with Crippen molar-refractivity contribution in [1.29, 1.82) is 0 Å². The van der Waals surface area contributed by atoms with Gasteiger partial charge in [-0.15, -0.1) is 0 Å². The second-order valence-electron chi connectivity index (χ2n) is 5.18. The van der Waals surface area contributed by atoms with Crippen LogP contribution < -0.4 is 0 Å². The quantitative estimate of drug-likeness (QED) is 0.926. The van der Waals surface area contributed by atoms with E-state index in [9.17, 15) is 23.1 Å². The second-order valence-corrected chi connectivity index (χ2v) is 5.18. The number of alkyl halides is 3. The maximum Gasteiger partial charge on any atom is 0.417 e. The first kappa shape index (κ1) is 16.5. The summed E-state index contributed by atoms with van der Waals surface area (Å²) in [6, 6.07) is 4.66. The molecule has 0 aliphatic heterocycles. The fraction of sp³-hybridized carbons (Fsp3) is 0.500. The molecular weight excluding hydrogens is 271 g/mol. The lowest BCUT2D eigenvalue weighted by molar-refractivity contribution is -0.138. The number of aliphatic hydroxyl groups is 1. The zero-order chi connectivity index (χ0) is 15.6. The van der Waals surface area contributed by atoms with Gasteiger partial charge in [-0.05, 0) is 32.9 Å². The molecule has 1 aromatic carbocycles. The maximum atomic E-state index is 12.9. The van der Waals surface area contributed by atoms with E-state index in [1.807, 2.05) is 0 Å². The van der Waals surface area contributed by atoms with Crippen LogP contribution in [-0.2, 0) is 6.18 Å². The number of benzene rings is 1. The van der Waals surface area contributed by atoms with Crippen molar-refractivity contribution < 1.29 is 23.1 Å². The number of rotatable bonds is 4. The Balaban J connectivity index is 3.14. The summed E-state index contributed by atoms with van der Waals surface area (Å²) >= 11 is 0. The Morgan fingerprint density at radius 1 is 1.25 bits per heavy atom. The largest absolute Gasteiger partial charge is 0.417 e. The fourth-order valence-corrected chi connectivity index (χ4v) is 1.88. The molecule has 0 heterocycles. The van der Waals surface area contributed by atoms with Gasteiger partial charge in [0.1, 0.15) is 0 Å². The van der Waals surface area contributed by atoms with Crippen molar-refractivity contribution in [1.82, 2.24) is 4.90 Å². The lowest BCUT2D eigenvalue weighted by Gasteiger charge is -2.29. The molecule has 20 heavy (non-hydrogen) atoms. The Morgan fingerprint density at radius 2 is 1.80 bits per heavy atom. The van der Waals surface area contributed by atoms with Crippen molar-refractivity contribution in [2.24, 2.45) is 0 Å². The third-order valence-corrected chi connectivity index (χ3v) is 2.71. The van der Waals surface area contributed by atoms with E-state index in [1.54, 1.807) is 6.92 Å². The van der Waals surface area contributed by atoms with Crippen LogP contribution >= 0.6 is 0 Å². The number of likely N-dealkylation sites (N-methyl/N-ethyl adjacent to an activating group) is 1. The Bertz CT molecular complexity index is 478. The van der Waals surface area contributed by atoms with E-state index in [1.165, 1.54) is 30.9 Å². The molecule has 0 spiro atoms. The molecule has 112 valence electrons. The van der Waals surface area contributed by atoms with Crippen molar-refractivity contribution >= 4 is 5.91 Å². The average molecular weight is 289 g/mol. The highest BCUT2D eigenvalue weighted by atomic mass is 19.4. The van der Waals surface area contributed by atoms with Crippen LogP contribution in [0.15, 0.2) is 24.3 Å². The Kier molecular flexibility index (Phi) is 4.81. The molecule has 1 N–H and O–H groups in total.